The molecule has 1 aliphatic heterocycles. The molecule has 1 aliphatic rings. The molecule has 1 saturated heterocycles. The highest BCUT2D eigenvalue weighted by atomic mass is 79.9. The summed E-state index contributed by atoms with van der Waals surface area (Å²) in [4.78, 5) is 0. The van der Waals surface area contributed by atoms with Gasteiger partial charge in [-0.05, 0) is 34.8 Å². The van der Waals surface area contributed by atoms with Gasteiger partial charge in [-0.15, -0.1) is 0 Å². The van der Waals surface area contributed by atoms with E-state index in [1.165, 1.54) is 10.6 Å². The first-order chi connectivity index (χ1) is 9.91. The Kier molecular flexibility index (Phi) is 5.65. The third-order valence-corrected chi connectivity index (χ3v) is 5.53. The number of halogens is 1. The fourth-order valence-electron chi connectivity index (χ4n) is 2.50. The molecule has 2 rings (SSSR count). The van der Waals surface area contributed by atoms with Crippen molar-refractivity contribution in [2.24, 2.45) is 5.92 Å². The van der Waals surface area contributed by atoms with Crippen LogP contribution in [-0.2, 0) is 16.6 Å². The molecule has 0 amide bonds. The van der Waals surface area contributed by atoms with Crippen LogP contribution < -0.4 is 4.74 Å². The zero-order valence-corrected chi connectivity index (χ0v) is 14.4. The third kappa shape index (κ3) is 4.42. The van der Waals surface area contributed by atoms with Gasteiger partial charge in [-0.25, -0.2) is 12.7 Å². The van der Waals surface area contributed by atoms with Crippen molar-refractivity contribution in [2.75, 3.05) is 26.0 Å². The summed E-state index contributed by atoms with van der Waals surface area (Å²) in [5.41, 5.74) is 0.722. The fraction of sp³-hybridized carbons (Fsp3) is 0.571. The second-order valence-corrected chi connectivity index (χ2v) is 8.16. The Morgan fingerprint density at radius 2 is 2.24 bits per heavy atom. The van der Waals surface area contributed by atoms with Crippen molar-refractivity contribution in [2.45, 2.75) is 19.4 Å². The van der Waals surface area contributed by atoms with Gasteiger partial charge in [0.25, 0.3) is 0 Å². The lowest BCUT2D eigenvalue weighted by molar-refractivity contribution is 0.176. The number of aliphatic hydroxyl groups excluding tert-OH is 1. The highest BCUT2D eigenvalue weighted by Crippen LogP contribution is 2.30. The highest BCUT2D eigenvalue weighted by molar-refractivity contribution is 9.10. The van der Waals surface area contributed by atoms with Crippen molar-refractivity contribution in [3.8, 4) is 5.75 Å². The van der Waals surface area contributed by atoms with Gasteiger partial charge in [0.1, 0.15) is 5.75 Å². The van der Waals surface area contributed by atoms with Crippen LogP contribution in [0.15, 0.2) is 22.7 Å². The zero-order chi connectivity index (χ0) is 15.5. The molecule has 1 aromatic rings. The molecule has 0 aromatic heterocycles. The van der Waals surface area contributed by atoms with Crippen LogP contribution in [-0.4, -0.2) is 43.8 Å². The number of benzene rings is 1. The van der Waals surface area contributed by atoms with E-state index in [9.17, 15) is 13.5 Å². The number of nitrogens with zero attached hydrogens (tertiary/aromatic N) is 1. The van der Waals surface area contributed by atoms with Crippen molar-refractivity contribution >= 4 is 26.0 Å². The average molecular weight is 378 g/mol. The molecule has 0 saturated carbocycles. The Morgan fingerprint density at radius 1 is 1.48 bits per heavy atom. The molecule has 0 spiro atoms. The van der Waals surface area contributed by atoms with E-state index in [0.717, 1.165) is 22.9 Å². The van der Waals surface area contributed by atoms with Crippen LogP contribution in [0, 0.1) is 5.92 Å². The van der Waals surface area contributed by atoms with E-state index >= 15 is 0 Å². The van der Waals surface area contributed by atoms with Crippen molar-refractivity contribution in [1.82, 2.24) is 4.31 Å². The van der Waals surface area contributed by atoms with Crippen LogP contribution in [0.4, 0.5) is 0 Å². The quantitative estimate of drug-likeness (QED) is 0.851. The summed E-state index contributed by atoms with van der Waals surface area (Å²) >= 11 is 3.41. The molecule has 1 fully saturated rings. The summed E-state index contributed by atoms with van der Waals surface area (Å²) in [7, 11) is -3.13. The lowest BCUT2D eigenvalue weighted by Gasteiger charge is -2.31. The minimum absolute atomic E-state index is 0.0884. The first-order valence-corrected chi connectivity index (χ1v) is 9.52. The van der Waals surface area contributed by atoms with Crippen LogP contribution in [0.25, 0.3) is 0 Å². The zero-order valence-electron chi connectivity index (χ0n) is 12.0. The Morgan fingerprint density at radius 3 is 2.90 bits per heavy atom. The van der Waals surface area contributed by atoms with Gasteiger partial charge in [-0.3, -0.25) is 0 Å². The predicted octanol–water partition coefficient (Wildman–Crippen LogP) is 1.99. The Bertz CT molecular complexity index is 591. The van der Waals surface area contributed by atoms with Gasteiger partial charge < -0.3 is 9.84 Å². The van der Waals surface area contributed by atoms with Gasteiger partial charge in [0.2, 0.25) is 10.0 Å². The molecule has 1 heterocycles. The lowest BCUT2D eigenvalue weighted by Crippen LogP contribution is -2.41. The van der Waals surface area contributed by atoms with Crippen LogP contribution in [0.5, 0.6) is 5.75 Å². The summed E-state index contributed by atoms with van der Waals surface area (Å²) in [6, 6.07) is 5.51. The topological polar surface area (TPSA) is 66.8 Å². The second-order valence-electron chi connectivity index (χ2n) is 5.33. The van der Waals surface area contributed by atoms with Crippen molar-refractivity contribution in [1.29, 1.82) is 0 Å². The van der Waals surface area contributed by atoms with Gasteiger partial charge in [0.05, 0.1) is 23.9 Å². The van der Waals surface area contributed by atoms with E-state index in [4.69, 9.17) is 4.74 Å². The second kappa shape index (κ2) is 7.09. The largest absolute Gasteiger partial charge is 0.492 e. The number of para-hydroxylation sites is 1. The fourth-order valence-corrected chi connectivity index (χ4v) is 3.97. The lowest BCUT2D eigenvalue weighted by atomic mass is 10.0. The van der Waals surface area contributed by atoms with Gasteiger partial charge in [0, 0.05) is 24.6 Å². The Balaban J connectivity index is 2.00. The molecule has 5 nitrogen and oxygen atoms in total. The van der Waals surface area contributed by atoms with Crippen LogP contribution in [0.1, 0.15) is 18.4 Å². The predicted molar refractivity (Wildman–Crippen MR) is 84.7 cm³/mol. The smallest absolute Gasteiger partial charge is 0.211 e. The summed E-state index contributed by atoms with van der Waals surface area (Å²) < 4.78 is 31.3. The molecule has 0 radical (unpaired) electrons. The monoisotopic (exact) mass is 377 g/mol. The van der Waals surface area contributed by atoms with E-state index in [1.807, 2.05) is 18.2 Å². The summed E-state index contributed by atoms with van der Waals surface area (Å²) in [5, 5.41) is 9.34. The molecule has 1 N–H and O–H groups in total. The standard InChI is InChI=1S/C14H20BrNO4S/c1-21(18,19)16-7-3-4-11(8-16)10-20-14-12(9-17)5-2-6-13(14)15/h2,5-6,11,17H,3-4,7-10H2,1H3. The minimum Gasteiger partial charge on any atom is -0.492 e. The van der Waals surface area contributed by atoms with Crippen molar-refractivity contribution < 1.29 is 18.3 Å². The van der Waals surface area contributed by atoms with Gasteiger partial charge in [-0.1, -0.05) is 12.1 Å². The molecule has 118 valence electrons. The van der Waals surface area contributed by atoms with E-state index < -0.39 is 10.0 Å². The van der Waals surface area contributed by atoms with E-state index in [0.29, 0.717) is 25.4 Å². The number of aliphatic hydroxyl groups is 1. The summed E-state index contributed by atoms with van der Waals surface area (Å²) in [5.74, 6) is 0.809. The normalized spacial score (nSPS) is 20.4. The number of ether oxygens (including phenoxy) is 1. The molecule has 21 heavy (non-hydrogen) atoms. The molecule has 1 unspecified atom stereocenters. The summed E-state index contributed by atoms with van der Waals surface area (Å²) in [6.07, 6.45) is 3.04. The first kappa shape index (κ1) is 16.7. The highest BCUT2D eigenvalue weighted by Gasteiger charge is 2.26. The molecule has 7 heteroatoms. The number of hydrogen-bond donors (Lipinski definition) is 1. The molecule has 0 bridgehead atoms. The maximum absolute atomic E-state index is 11.6. The molecule has 0 aliphatic carbocycles. The Labute approximate surface area is 134 Å². The SMILES string of the molecule is CS(=O)(=O)N1CCCC(COc2c(Br)cccc2CO)C1. The third-order valence-electron chi connectivity index (χ3n) is 3.63. The maximum atomic E-state index is 11.6. The van der Waals surface area contributed by atoms with Crippen molar-refractivity contribution in [3.05, 3.63) is 28.2 Å². The number of rotatable bonds is 5. The molecule has 1 aromatic carbocycles. The first-order valence-electron chi connectivity index (χ1n) is 6.88. The average Bonchev–Trinajstić information content (AvgIpc) is 2.45. The number of piperidine rings is 1. The molecular formula is C14H20BrNO4S. The number of sulfonamides is 1. The Hall–Kier alpha value is -0.630. The van der Waals surface area contributed by atoms with E-state index in [2.05, 4.69) is 15.9 Å². The van der Waals surface area contributed by atoms with Crippen LogP contribution in [0.3, 0.4) is 0 Å². The van der Waals surface area contributed by atoms with E-state index in [1.54, 1.807) is 0 Å². The van der Waals surface area contributed by atoms with Gasteiger partial charge in [0.15, 0.2) is 0 Å². The van der Waals surface area contributed by atoms with Gasteiger partial charge in [-0.2, -0.15) is 0 Å². The van der Waals surface area contributed by atoms with Crippen molar-refractivity contribution in [3.63, 3.8) is 0 Å². The van der Waals surface area contributed by atoms with Crippen LogP contribution in [0.2, 0.25) is 0 Å². The maximum Gasteiger partial charge on any atom is 0.211 e. The summed E-state index contributed by atoms with van der Waals surface area (Å²) in [6.45, 7) is 1.44. The minimum atomic E-state index is -3.13. The van der Waals surface area contributed by atoms with Gasteiger partial charge >= 0.3 is 0 Å². The van der Waals surface area contributed by atoms with Crippen LogP contribution >= 0.6 is 15.9 Å². The molecule has 1 atom stereocenters. The number of hydrogen-bond acceptors (Lipinski definition) is 4. The van der Waals surface area contributed by atoms with E-state index in [-0.39, 0.29) is 12.5 Å². The molecular weight excluding hydrogens is 358 g/mol.